The van der Waals surface area contributed by atoms with Gasteiger partial charge in [0.15, 0.2) is 0 Å². The molecule has 110 valence electrons. The summed E-state index contributed by atoms with van der Waals surface area (Å²) in [5.41, 5.74) is 0. The van der Waals surface area contributed by atoms with E-state index >= 15 is 0 Å². The van der Waals surface area contributed by atoms with Crippen molar-refractivity contribution in [2.24, 2.45) is 5.92 Å². The minimum atomic E-state index is 0.493. The molecule has 0 radical (unpaired) electrons. The highest BCUT2D eigenvalue weighted by Gasteiger charge is 2.36. The first kappa shape index (κ1) is 12.6. The van der Waals surface area contributed by atoms with Crippen molar-refractivity contribution >= 4 is 5.95 Å². The topological polar surface area (TPSA) is 66.1 Å². The lowest BCUT2D eigenvalue weighted by Gasteiger charge is -2.36. The van der Waals surface area contributed by atoms with Crippen LogP contribution in [0.5, 0.6) is 0 Å². The van der Waals surface area contributed by atoms with Gasteiger partial charge >= 0.3 is 0 Å². The highest BCUT2D eigenvalue weighted by Crippen LogP contribution is 2.30. The van der Waals surface area contributed by atoms with E-state index in [0.29, 0.717) is 12.0 Å². The largest absolute Gasteiger partial charge is 0.381 e. The van der Waals surface area contributed by atoms with Gasteiger partial charge in [0.2, 0.25) is 5.95 Å². The number of anilines is 1. The van der Waals surface area contributed by atoms with Gasteiger partial charge in [-0.05, 0) is 31.6 Å². The number of hydrogen-bond donors (Lipinski definition) is 2. The van der Waals surface area contributed by atoms with Gasteiger partial charge < -0.3 is 15.0 Å². The molecule has 6 heteroatoms. The van der Waals surface area contributed by atoms with Crippen molar-refractivity contribution in [2.45, 2.75) is 37.6 Å². The van der Waals surface area contributed by atoms with Crippen LogP contribution in [0.3, 0.4) is 0 Å². The zero-order valence-electron chi connectivity index (χ0n) is 11.8. The van der Waals surface area contributed by atoms with Gasteiger partial charge in [-0.25, -0.2) is 0 Å². The molecule has 2 atom stereocenters. The molecule has 0 saturated carbocycles. The van der Waals surface area contributed by atoms with E-state index < -0.39 is 0 Å². The van der Waals surface area contributed by atoms with Gasteiger partial charge in [0.25, 0.3) is 0 Å². The zero-order valence-corrected chi connectivity index (χ0v) is 11.8. The Kier molecular flexibility index (Phi) is 3.36. The van der Waals surface area contributed by atoms with Gasteiger partial charge in [-0.1, -0.05) is 0 Å². The summed E-state index contributed by atoms with van der Waals surface area (Å²) in [4.78, 5) is 7.20. The van der Waals surface area contributed by atoms with Gasteiger partial charge in [-0.15, -0.1) is 5.10 Å². The van der Waals surface area contributed by atoms with E-state index in [2.05, 4.69) is 20.4 Å². The number of ether oxygens (including phenoxy) is 1. The molecule has 2 N–H and O–H groups in total. The second kappa shape index (κ2) is 5.33. The van der Waals surface area contributed by atoms with E-state index in [1.807, 2.05) is 0 Å². The van der Waals surface area contributed by atoms with Gasteiger partial charge in [0, 0.05) is 44.8 Å². The molecular weight excluding hydrogens is 254 g/mol. The average Bonchev–Trinajstić information content (AvgIpc) is 3.17. The molecule has 2 unspecified atom stereocenters. The molecule has 1 aromatic rings. The fraction of sp³-hybridized carbons (Fsp3) is 0.857. The lowest BCUT2D eigenvalue weighted by atomic mass is 9.92. The van der Waals surface area contributed by atoms with Crippen LogP contribution in [0, 0.1) is 5.92 Å². The second-order valence-corrected chi connectivity index (χ2v) is 6.23. The molecule has 3 saturated heterocycles. The zero-order chi connectivity index (χ0) is 13.4. The quantitative estimate of drug-likeness (QED) is 0.840. The maximum absolute atomic E-state index is 5.42. The monoisotopic (exact) mass is 277 g/mol. The van der Waals surface area contributed by atoms with Crippen LogP contribution in [0.2, 0.25) is 0 Å². The smallest absolute Gasteiger partial charge is 0.245 e. The van der Waals surface area contributed by atoms with Crippen LogP contribution in [0.15, 0.2) is 0 Å². The predicted octanol–water partition coefficient (Wildman–Crippen LogP) is 0.887. The summed E-state index contributed by atoms with van der Waals surface area (Å²) in [6, 6.07) is 0.585. The number of piperidine rings is 1. The van der Waals surface area contributed by atoms with Crippen LogP contribution in [0.1, 0.15) is 37.4 Å². The van der Waals surface area contributed by atoms with E-state index in [-0.39, 0.29) is 0 Å². The molecule has 3 aliphatic rings. The molecule has 4 heterocycles. The number of H-pyrrole nitrogens is 1. The van der Waals surface area contributed by atoms with Gasteiger partial charge in [-0.3, -0.25) is 5.10 Å². The summed E-state index contributed by atoms with van der Waals surface area (Å²) in [7, 11) is 0. The fourth-order valence-corrected chi connectivity index (χ4v) is 3.86. The van der Waals surface area contributed by atoms with Crippen molar-refractivity contribution in [3.63, 3.8) is 0 Å². The Balaban J connectivity index is 1.51. The van der Waals surface area contributed by atoms with Crippen LogP contribution in [-0.2, 0) is 4.74 Å². The molecular formula is C14H23N5O. The van der Waals surface area contributed by atoms with Crippen LogP contribution >= 0.6 is 0 Å². The molecule has 3 aliphatic heterocycles. The van der Waals surface area contributed by atoms with Gasteiger partial charge in [0.1, 0.15) is 5.82 Å². The first-order chi connectivity index (χ1) is 9.92. The summed E-state index contributed by atoms with van der Waals surface area (Å²) in [5.74, 6) is 3.22. The maximum Gasteiger partial charge on any atom is 0.245 e. The molecule has 1 aromatic heterocycles. The Morgan fingerprint density at radius 3 is 2.95 bits per heavy atom. The molecule has 0 amide bonds. The third-order valence-corrected chi connectivity index (χ3v) is 5.03. The molecule has 20 heavy (non-hydrogen) atoms. The number of nitrogens with one attached hydrogen (secondary N) is 2. The van der Waals surface area contributed by atoms with E-state index in [9.17, 15) is 0 Å². The number of fused-ring (bicyclic) bond motifs is 1. The number of nitrogens with zero attached hydrogens (tertiary/aromatic N) is 3. The molecule has 4 rings (SSSR count). The van der Waals surface area contributed by atoms with E-state index in [4.69, 9.17) is 9.72 Å². The maximum atomic E-state index is 5.42. The summed E-state index contributed by atoms with van der Waals surface area (Å²) in [6.07, 6.45) is 4.71. The Labute approximate surface area is 119 Å². The number of aromatic nitrogens is 3. The normalized spacial score (nSPS) is 31.5. The van der Waals surface area contributed by atoms with Gasteiger partial charge in [-0.2, -0.15) is 4.98 Å². The Morgan fingerprint density at radius 2 is 2.05 bits per heavy atom. The van der Waals surface area contributed by atoms with Crippen molar-refractivity contribution in [1.29, 1.82) is 0 Å². The first-order valence-corrected chi connectivity index (χ1v) is 7.89. The molecule has 0 aromatic carbocycles. The fourth-order valence-electron chi connectivity index (χ4n) is 3.86. The number of hydrogen-bond acceptors (Lipinski definition) is 5. The molecule has 0 aliphatic carbocycles. The average molecular weight is 277 g/mol. The Morgan fingerprint density at radius 1 is 1.15 bits per heavy atom. The first-order valence-electron chi connectivity index (χ1n) is 7.89. The summed E-state index contributed by atoms with van der Waals surface area (Å²) >= 11 is 0. The standard InChI is InChI=1S/C14H23N5O/c1-2-11-8-15-9-12(11)19(5-1)14-16-13(17-18-14)10-3-6-20-7-4-10/h10-12,15H,1-9H2,(H,16,17,18). The van der Waals surface area contributed by atoms with Crippen molar-refractivity contribution in [3.8, 4) is 0 Å². The minimum Gasteiger partial charge on any atom is -0.381 e. The van der Waals surface area contributed by atoms with Crippen molar-refractivity contribution in [2.75, 3.05) is 37.7 Å². The van der Waals surface area contributed by atoms with Crippen LogP contribution in [0.25, 0.3) is 0 Å². The SMILES string of the molecule is C1CC2CNCC2N(c2n[nH]c(C3CCOCC3)n2)C1. The highest BCUT2D eigenvalue weighted by molar-refractivity contribution is 5.33. The summed E-state index contributed by atoms with van der Waals surface area (Å²) in [6.45, 7) is 5.01. The van der Waals surface area contributed by atoms with Crippen LogP contribution in [-0.4, -0.2) is 54.1 Å². The highest BCUT2D eigenvalue weighted by atomic mass is 16.5. The number of aromatic amines is 1. The van der Waals surface area contributed by atoms with Crippen molar-refractivity contribution in [1.82, 2.24) is 20.5 Å². The molecule has 6 nitrogen and oxygen atoms in total. The van der Waals surface area contributed by atoms with Crippen molar-refractivity contribution in [3.05, 3.63) is 5.82 Å². The molecule has 0 bridgehead atoms. The van der Waals surface area contributed by atoms with E-state index in [1.165, 1.54) is 12.8 Å². The third kappa shape index (κ3) is 2.20. The number of rotatable bonds is 2. The summed E-state index contributed by atoms with van der Waals surface area (Å²) in [5, 5.41) is 11.2. The van der Waals surface area contributed by atoms with Crippen LogP contribution < -0.4 is 10.2 Å². The minimum absolute atomic E-state index is 0.493. The van der Waals surface area contributed by atoms with Crippen LogP contribution in [0.4, 0.5) is 5.95 Å². The van der Waals surface area contributed by atoms with E-state index in [0.717, 1.165) is 63.4 Å². The lowest BCUT2D eigenvalue weighted by molar-refractivity contribution is 0.0836. The van der Waals surface area contributed by atoms with Gasteiger partial charge in [0.05, 0.1) is 0 Å². The Bertz CT molecular complexity index is 456. The van der Waals surface area contributed by atoms with Crippen molar-refractivity contribution < 1.29 is 4.74 Å². The lowest BCUT2D eigenvalue weighted by Crippen LogP contribution is -2.45. The molecule has 3 fully saturated rings. The van der Waals surface area contributed by atoms with E-state index in [1.54, 1.807) is 0 Å². The predicted molar refractivity (Wildman–Crippen MR) is 75.9 cm³/mol. The Hall–Kier alpha value is -1.14. The summed E-state index contributed by atoms with van der Waals surface area (Å²) < 4.78 is 5.42. The molecule has 0 spiro atoms. The second-order valence-electron chi connectivity index (χ2n) is 6.23. The third-order valence-electron chi connectivity index (χ3n) is 5.03.